The molecule has 0 saturated heterocycles. The molecule has 0 spiro atoms. The van der Waals surface area contributed by atoms with Crippen LogP contribution in [0.25, 0.3) is 11.2 Å². The lowest BCUT2D eigenvalue weighted by Crippen LogP contribution is -2.20. The van der Waals surface area contributed by atoms with Gasteiger partial charge in [-0.15, -0.1) is 0 Å². The van der Waals surface area contributed by atoms with Gasteiger partial charge in [-0.3, -0.25) is 9.36 Å². The van der Waals surface area contributed by atoms with Crippen molar-refractivity contribution in [2.24, 2.45) is 5.73 Å². The highest BCUT2D eigenvalue weighted by atomic mass is 16.5. The minimum absolute atomic E-state index is 0.0809. The number of primary amides is 1. The van der Waals surface area contributed by atoms with Crippen molar-refractivity contribution in [1.82, 2.24) is 19.5 Å². The number of aromatic nitrogens is 4. The molecule has 2 aromatic heterocycles. The van der Waals surface area contributed by atoms with E-state index in [2.05, 4.69) is 15.0 Å². The quantitative estimate of drug-likeness (QED) is 0.679. The van der Waals surface area contributed by atoms with Crippen molar-refractivity contribution < 1.29 is 9.53 Å². The van der Waals surface area contributed by atoms with Gasteiger partial charge in [-0.25, -0.2) is 9.97 Å². The summed E-state index contributed by atoms with van der Waals surface area (Å²) >= 11 is 0. The Bertz CT molecular complexity index is 549. The van der Waals surface area contributed by atoms with Crippen LogP contribution in [0.15, 0.2) is 6.33 Å². The van der Waals surface area contributed by atoms with Gasteiger partial charge in [-0.1, -0.05) is 0 Å². The molecule has 0 atom stereocenters. The third-order valence-corrected chi connectivity index (χ3v) is 2.04. The number of hydrogen-bond acceptors (Lipinski definition) is 6. The first kappa shape index (κ1) is 10.1. The lowest BCUT2D eigenvalue weighted by molar-refractivity contribution is -0.118. The Hall–Kier alpha value is -2.38. The van der Waals surface area contributed by atoms with Gasteiger partial charge in [0.15, 0.2) is 11.2 Å². The van der Waals surface area contributed by atoms with Crippen LogP contribution in [0.4, 0.5) is 5.95 Å². The summed E-state index contributed by atoms with van der Waals surface area (Å²) in [6, 6.07) is 0. The third kappa shape index (κ3) is 1.49. The highest BCUT2D eigenvalue weighted by molar-refractivity contribution is 5.82. The van der Waals surface area contributed by atoms with Crippen LogP contribution in [0, 0.1) is 0 Å². The Morgan fingerprint density at radius 1 is 1.56 bits per heavy atom. The molecule has 1 amide bonds. The highest BCUT2D eigenvalue weighted by Gasteiger charge is 2.15. The number of carbonyl (C=O) groups is 1. The molecular formula is C8H10N6O2. The molecule has 16 heavy (non-hydrogen) atoms. The zero-order valence-electron chi connectivity index (χ0n) is 8.54. The Morgan fingerprint density at radius 3 is 2.94 bits per heavy atom. The minimum atomic E-state index is -0.524. The van der Waals surface area contributed by atoms with Gasteiger partial charge in [-0.05, 0) is 0 Å². The first-order valence-electron chi connectivity index (χ1n) is 4.42. The SMILES string of the molecule is COc1ncnc2c1nc(N)n2CC(N)=O. The largest absolute Gasteiger partial charge is 0.479 e. The van der Waals surface area contributed by atoms with E-state index in [4.69, 9.17) is 16.2 Å². The number of hydrogen-bond donors (Lipinski definition) is 2. The van der Waals surface area contributed by atoms with Crippen molar-refractivity contribution in [3.63, 3.8) is 0 Å². The van der Waals surface area contributed by atoms with Crippen LogP contribution in [-0.2, 0) is 11.3 Å². The molecule has 0 fully saturated rings. The van der Waals surface area contributed by atoms with Crippen LogP contribution in [0.3, 0.4) is 0 Å². The maximum atomic E-state index is 10.9. The number of methoxy groups -OCH3 is 1. The molecule has 8 heteroatoms. The van der Waals surface area contributed by atoms with Gasteiger partial charge in [0.2, 0.25) is 17.7 Å². The summed E-state index contributed by atoms with van der Waals surface area (Å²) in [5.41, 5.74) is 11.6. The number of fused-ring (bicyclic) bond motifs is 1. The van der Waals surface area contributed by atoms with E-state index in [1.54, 1.807) is 0 Å². The zero-order chi connectivity index (χ0) is 11.7. The van der Waals surface area contributed by atoms with E-state index in [0.29, 0.717) is 17.0 Å². The van der Waals surface area contributed by atoms with E-state index < -0.39 is 5.91 Å². The summed E-state index contributed by atoms with van der Waals surface area (Å²) in [6.07, 6.45) is 1.31. The third-order valence-electron chi connectivity index (χ3n) is 2.04. The molecule has 4 N–H and O–H groups in total. The first-order valence-corrected chi connectivity index (χ1v) is 4.42. The smallest absolute Gasteiger partial charge is 0.245 e. The fourth-order valence-corrected chi connectivity index (χ4v) is 1.39. The molecule has 0 saturated carbocycles. The van der Waals surface area contributed by atoms with Crippen molar-refractivity contribution in [1.29, 1.82) is 0 Å². The molecule has 8 nitrogen and oxygen atoms in total. The van der Waals surface area contributed by atoms with E-state index in [9.17, 15) is 4.79 Å². The van der Waals surface area contributed by atoms with Gasteiger partial charge < -0.3 is 16.2 Å². The molecule has 0 aliphatic carbocycles. The van der Waals surface area contributed by atoms with Crippen LogP contribution >= 0.6 is 0 Å². The standard InChI is InChI=1S/C8H10N6O2/c1-16-7-5-6(11-3-12-7)14(2-4(9)15)8(10)13-5/h3H,2H2,1H3,(H2,9,15)(H2,10,13). The Kier molecular flexibility index (Phi) is 2.31. The van der Waals surface area contributed by atoms with Crippen LogP contribution in [0.5, 0.6) is 5.88 Å². The summed E-state index contributed by atoms with van der Waals surface area (Å²) in [4.78, 5) is 22.7. The second-order valence-electron chi connectivity index (χ2n) is 3.08. The number of anilines is 1. The predicted octanol–water partition coefficient (Wildman–Crippen LogP) is -1.10. The average molecular weight is 222 g/mol. The van der Waals surface area contributed by atoms with Gasteiger partial charge in [0.25, 0.3) is 0 Å². The summed E-state index contributed by atoms with van der Waals surface area (Å²) in [6.45, 7) is -0.0809. The second-order valence-corrected chi connectivity index (χ2v) is 3.08. The number of imidazole rings is 1. The number of carbonyl (C=O) groups excluding carboxylic acids is 1. The van der Waals surface area contributed by atoms with E-state index >= 15 is 0 Å². The van der Waals surface area contributed by atoms with E-state index in [-0.39, 0.29) is 12.5 Å². The number of ether oxygens (including phenoxy) is 1. The Balaban J connectivity index is 2.66. The molecule has 0 bridgehead atoms. The maximum absolute atomic E-state index is 10.9. The molecule has 2 heterocycles. The predicted molar refractivity (Wildman–Crippen MR) is 55.5 cm³/mol. The summed E-state index contributed by atoms with van der Waals surface area (Å²) in [5.74, 6) is -0.0731. The molecular weight excluding hydrogens is 212 g/mol. The summed E-state index contributed by atoms with van der Waals surface area (Å²) < 4.78 is 6.41. The summed E-state index contributed by atoms with van der Waals surface area (Å²) in [7, 11) is 1.46. The van der Waals surface area contributed by atoms with Crippen LogP contribution in [0.2, 0.25) is 0 Å². The van der Waals surface area contributed by atoms with Crippen LogP contribution in [-0.4, -0.2) is 32.5 Å². The molecule has 2 aromatic rings. The monoisotopic (exact) mass is 222 g/mol. The number of nitrogen functional groups attached to an aromatic ring is 1. The first-order chi connectivity index (χ1) is 7.63. The lowest BCUT2D eigenvalue weighted by atomic mass is 10.5. The topological polar surface area (TPSA) is 122 Å². The van der Waals surface area contributed by atoms with Crippen molar-refractivity contribution in [3.05, 3.63) is 6.33 Å². The van der Waals surface area contributed by atoms with Gasteiger partial charge in [-0.2, -0.15) is 4.98 Å². The summed E-state index contributed by atoms with van der Waals surface area (Å²) in [5, 5.41) is 0. The van der Waals surface area contributed by atoms with E-state index in [0.717, 1.165) is 0 Å². The second kappa shape index (κ2) is 3.65. The van der Waals surface area contributed by atoms with Gasteiger partial charge in [0.05, 0.1) is 7.11 Å². The zero-order valence-corrected chi connectivity index (χ0v) is 8.54. The Morgan fingerprint density at radius 2 is 2.31 bits per heavy atom. The minimum Gasteiger partial charge on any atom is -0.479 e. The molecule has 0 aliphatic rings. The van der Waals surface area contributed by atoms with E-state index in [1.165, 1.54) is 18.0 Å². The lowest BCUT2D eigenvalue weighted by Gasteiger charge is -2.02. The molecule has 0 unspecified atom stereocenters. The molecule has 2 rings (SSSR count). The van der Waals surface area contributed by atoms with Gasteiger partial charge in [0.1, 0.15) is 12.9 Å². The van der Waals surface area contributed by atoms with Gasteiger partial charge in [0, 0.05) is 0 Å². The van der Waals surface area contributed by atoms with Crippen LogP contribution < -0.4 is 16.2 Å². The number of nitrogens with zero attached hydrogens (tertiary/aromatic N) is 4. The van der Waals surface area contributed by atoms with Gasteiger partial charge >= 0.3 is 0 Å². The van der Waals surface area contributed by atoms with Crippen molar-refractivity contribution >= 4 is 23.0 Å². The number of amides is 1. The van der Waals surface area contributed by atoms with Crippen molar-refractivity contribution in [3.8, 4) is 5.88 Å². The molecule has 0 aliphatic heterocycles. The van der Waals surface area contributed by atoms with Crippen molar-refractivity contribution in [2.45, 2.75) is 6.54 Å². The fraction of sp³-hybridized carbons (Fsp3) is 0.250. The molecule has 0 radical (unpaired) electrons. The number of nitrogens with two attached hydrogens (primary N) is 2. The number of rotatable bonds is 3. The van der Waals surface area contributed by atoms with Crippen LogP contribution in [0.1, 0.15) is 0 Å². The average Bonchev–Trinajstić information content (AvgIpc) is 2.55. The fourth-order valence-electron chi connectivity index (χ4n) is 1.39. The highest BCUT2D eigenvalue weighted by Crippen LogP contribution is 2.22. The Labute approximate surface area is 90.2 Å². The molecule has 84 valence electrons. The maximum Gasteiger partial charge on any atom is 0.245 e. The normalized spacial score (nSPS) is 10.6. The van der Waals surface area contributed by atoms with Crippen molar-refractivity contribution in [2.75, 3.05) is 12.8 Å². The molecule has 0 aromatic carbocycles. The van der Waals surface area contributed by atoms with E-state index in [1.807, 2.05) is 0 Å².